The van der Waals surface area contributed by atoms with E-state index in [0.717, 1.165) is 18.9 Å². The zero-order chi connectivity index (χ0) is 13.0. The largest absolute Gasteiger partial charge is 0.396 e. The van der Waals surface area contributed by atoms with Crippen molar-refractivity contribution < 1.29 is 9.47 Å². The Kier molecular flexibility index (Phi) is 4.07. The summed E-state index contributed by atoms with van der Waals surface area (Å²) in [6, 6.07) is 3.90. The lowest BCUT2D eigenvalue weighted by atomic mass is 10.4. The van der Waals surface area contributed by atoms with Crippen LogP contribution in [0.3, 0.4) is 0 Å². The van der Waals surface area contributed by atoms with Crippen LogP contribution in [0.25, 0.3) is 0 Å². The van der Waals surface area contributed by atoms with E-state index >= 15 is 0 Å². The minimum Gasteiger partial charge on any atom is -0.396 e. The van der Waals surface area contributed by atoms with Gasteiger partial charge in [-0.25, -0.2) is 0 Å². The Bertz CT molecular complexity index is 444. The summed E-state index contributed by atoms with van der Waals surface area (Å²) < 4.78 is 12.3. The summed E-state index contributed by atoms with van der Waals surface area (Å²) in [5.74, 6) is 0.909. The third-order valence-electron chi connectivity index (χ3n) is 3.04. The van der Waals surface area contributed by atoms with Crippen molar-refractivity contribution >= 4 is 11.5 Å². The van der Waals surface area contributed by atoms with E-state index in [2.05, 4.69) is 11.0 Å². The van der Waals surface area contributed by atoms with Crippen molar-refractivity contribution in [3.63, 3.8) is 0 Å². The average molecular weight is 250 g/mol. The molecule has 0 radical (unpaired) electrons. The van der Waals surface area contributed by atoms with Crippen molar-refractivity contribution in [2.45, 2.75) is 6.54 Å². The Labute approximate surface area is 106 Å². The van der Waals surface area contributed by atoms with Crippen LogP contribution in [-0.4, -0.2) is 44.6 Å². The molecule has 0 atom stereocenters. The van der Waals surface area contributed by atoms with Crippen molar-refractivity contribution in [2.24, 2.45) is 0 Å². The minimum absolute atomic E-state index is 0.556. The third-order valence-corrected chi connectivity index (χ3v) is 3.04. The van der Waals surface area contributed by atoms with Crippen LogP contribution in [0.2, 0.25) is 0 Å². The quantitative estimate of drug-likeness (QED) is 0.838. The van der Waals surface area contributed by atoms with Crippen LogP contribution in [0, 0.1) is 11.3 Å². The van der Waals surface area contributed by atoms with Crippen molar-refractivity contribution in [1.29, 1.82) is 5.26 Å². The molecule has 2 rings (SSSR count). The maximum Gasteiger partial charge on any atom is 0.133 e. The number of methoxy groups -OCH3 is 1. The van der Waals surface area contributed by atoms with E-state index in [-0.39, 0.29) is 0 Å². The van der Waals surface area contributed by atoms with Gasteiger partial charge in [0.05, 0.1) is 25.5 Å². The zero-order valence-corrected chi connectivity index (χ0v) is 10.6. The van der Waals surface area contributed by atoms with Crippen LogP contribution >= 0.6 is 0 Å². The standard InChI is InChI=1S/C12H18N4O2/c1-17-5-4-16-10(9-13)8-11(14)12(16)15-2-6-18-7-3-15/h8H,2-7,14H2,1H3. The van der Waals surface area contributed by atoms with Crippen LogP contribution in [0.1, 0.15) is 5.69 Å². The first-order valence-electron chi connectivity index (χ1n) is 5.98. The second-order valence-electron chi connectivity index (χ2n) is 4.16. The maximum atomic E-state index is 9.14. The lowest BCUT2D eigenvalue weighted by Crippen LogP contribution is -2.38. The van der Waals surface area contributed by atoms with Crippen molar-refractivity contribution in [1.82, 2.24) is 4.57 Å². The molecule has 1 aromatic heterocycles. The number of nitriles is 1. The van der Waals surface area contributed by atoms with Gasteiger partial charge in [0.25, 0.3) is 0 Å². The van der Waals surface area contributed by atoms with Crippen molar-refractivity contribution in [3.05, 3.63) is 11.8 Å². The maximum absolute atomic E-state index is 9.14. The molecule has 1 saturated heterocycles. The van der Waals surface area contributed by atoms with Gasteiger partial charge in [0.1, 0.15) is 17.6 Å². The molecule has 98 valence electrons. The minimum atomic E-state index is 0.556. The first-order chi connectivity index (χ1) is 8.77. The summed E-state index contributed by atoms with van der Waals surface area (Å²) in [6.45, 7) is 4.16. The van der Waals surface area contributed by atoms with Crippen molar-refractivity contribution in [3.8, 4) is 6.07 Å². The molecule has 0 amide bonds. The molecule has 0 saturated carbocycles. The fourth-order valence-electron chi connectivity index (χ4n) is 2.19. The second-order valence-corrected chi connectivity index (χ2v) is 4.16. The normalized spacial score (nSPS) is 15.7. The molecule has 1 fully saturated rings. The van der Waals surface area contributed by atoms with Crippen LogP contribution in [-0.2, 0) is 16.0 Å². The fourth-order valence-corrected chi connectivity index (χ4v) is 2.19. The number of hydrogen-bond donors (Lipinski definition) is 1. The summed E-state index contributed by atoms with van der Waals surface area (Å²) in [4.78, 5) is 2.16. The zero-order valence-electron chi connectivity index (χ0n) is 10.6. The fraction of sp³-hybridized carbons (Fsp3) is 0.583. The van der Waals surface area contributed by atoms with Gasteiger partial charge in [-0.05, 0) is 6.07 Å². The van der Waals surface area contributed by atoms with Gasteiger partial charge in [-0.15, -0.1) is 0 Å². The lowest BCUT2D eigenvalue weighted by Gasteiger charge is -2.30. The first-order valence-corrected chi connectivity index (χ1v) is 5.98. The number of ether oxygens (including phenoxy) is 2. The molecule has 0 aliphatic carbocycles. The van der Waals surface area contributed by atoms with E-state index < -0.39 is 0 Å². The number of nitrogens with zero attached hydrogens (tertiary/aromatic N) is 3. The number of morpholine rings is 1. The van der Waals surface area contributed by atoms with Gasteiger partial charge >= 0.3 is 0 Å². The van der Waals surface area contributed by atoms with Crippen LogP contribution in [0.15, 0.2) is 6.07 Å². The molecular weight excluding hydrogens is 232 g/mol. The average Bonchev–Trinajstić information content (AvgIpc) is 2.73. The Morgan fingerprint density at radius 3 is 2.83 bits per heavy atom. The number of aromatic nitrogens is 1. The molecule has 2 N–H and O–H groups in total. The molecule has 6 nitrogen and oxygen atoms in total. The Morgan fingerprint density at radius 2 is 2.22 bits per heavy atom. The molecule has 0 unspecified atom stereocenters. The Hall–Kier alpha value is -1.71. The predicted octanol–water partition coefficient (Wildman–Crippen LogP) is 0.425. The predicted molar refractivity (Wildman–Crippen MR) is 68.5 cm³/mol. The van der Waals surface area contributed by atoms with Gasteiger partial charge in [-0.2, -0.15) is 5.26 Å². The van der Waals surface area contributed by atoms with Crippen LogP contribution in [0.4, 0.5) is 11.5 Å². The van der Waals surface area contributed by atoms with Gasteiger partial charge in [0.2, 0.25) is 0 Å². The molecule has 0 bridgehead atoms. The smallest absolute Gasteiger partial charge is 0.133 e. The van der Waals surface area contributed by atoms with E-state index in [4.69, 9.17) is 20.5 Å². The summed E-state index contributed by atoms with van der Waals surface area (Å²) >= 11 is 0. The Morgan fingerprint density at radius 1 is 1.50 bits per heavy atom. The highest BCUT2D eigenvalue weighted by Crippen LogP contribution is 2.28. The van der Waals surface area contributed by atoms with Crippen LogP contribution < -0.4 is 10.6 Å². The monoisotopic (exact) mass is 250 g/mol. The molecule has 0 aromatic carbocycles. The molecular formula is C12H18N4O2. The van der Waals surface area contributed by atoms with E-state index in [9.17, 15) is 0 Å². The summed E-state index contributed by atoms with van der Waals surface area (Å²) in [6.07, 6.45) is 0. The van der Waals surface area contributed by atoms with Gasteiger partial charge in [-0.3, -0.25) is 0 Å². The van der Waals surface area contributed by atoms with Gasteiger partial charge in [0, 0.05) is 26.7 Å². The molecule has 0 spiro atoms. The highest BCUT2D eigenvalue weighted by Gasteiger charge is 2.20. The topological polar surface area (TPSA) is 76.4 Å². The van der Waals surface area contributed by atoms with Gasteiger partial charge < -0.3 is 24.7 Å². The highest BCUT2D eigenvalue weighted by atomic mass is 16.5. The summed E-state index contributed by atoms with van der Waals surface area (Å²) in [5, 5.41) is 9.14. The van der Waals surface area contributed by atoms with E-state index in [1.165, 1.54) is 0 Å². The second kappa shape index (κ2) is 5.76. The number of nitrogen functional groups attached to an aromatic ring is 1. The number of nitrogens with two attached hydrogens (primary N) is 1. The van der Waals surface area contributed by atoms with E-state index in [1.54, 1.807) is 13.2 Å². The van der Waals surface area contributed by atoms with Crippen LogP contribution in [0.5, 0.6) is 0 Å². The Balaban J connectivity index is 2.31. The molecule has 2 heterocycles. The lowest BCUT2D eigenvalue weighted by molar-refractivity contribution is 0.122. The molecule has 6 heteroatoms. The van der Waals surface area contributed by atoms with E-state index in [1.807, 2.05) is 4.57 Å². The molecule has 1 aliphatic heterocycles. The SMILES string of the molecule is COCCn1c(C#N)cc(N)c1N1CCOCC1. The number of rotatable bonds is 4. The van der Waals surface area contributed by atoms with Gasteiger partial charge in [-0.1, -0.05) is 0 Å². The van der Waals surface area contributed by atoms with E-state index in [0.29, 0.717) is 37.7 Å². The number of anilines is 2. The van der Waals surface area contributed by atoms with Crippen molar-refractivity contribution in [2.75, 3.05) is 50.7 Å². The molecule has 1 aromatic rings. The third kappa shape index (κ3) is 2.42. The van der Waals surface area contributed by atoms with Gasteiger partial charge in [0.15, 0.2) is 0 Å². The molecule has 18 heavy (non-hydrogen) atoms. The first kappa shape index (κ1) is 12.7. The number of hydrogen-bond acceptors (Lipinski definition) is 5. The molecule has 1 aliphatic rings. The highest BCUT2D eigenvalue weighted by molar-refractivity contribution is 5.68. The summed E-state index contributed by atoms with van der Waals surface area (Å²) in [5.41, 5.74) is 7.24. The summed E-state index contributed by atoms with van der Waals surface area (Å²) in [7, 11) is 1.65.